The van der Waals surface area contributed by atoms with Crippen LogP contribution in [0.5, 0.6) is 0 Å². The molecule has 4 nitrogen and oxygen atoms in total. The molecule has 0 saturated carbocycles. The van der Waals surface area contributed by atoms with Crippen molar-refractivity contribution in [3.8, 4) is 11.4 Å². The van der Waals surface area contributed by atoms with E-state index in [4.69, 9.17) is 17.3 Å². The quantitative estimate of drug-likeness (QED) is 0.806. The van der Waals surface area contributed by atoms with Crippen molar-refractivity contribution in [1.82, 2.24) is 14.8 Å². The highest BCUT2D eigenvalue weighted by molar-refractivity contribution is 6.33. The van der Waals surface area contributed by atoms with E-state index >= 15 is 0 Å². The monoisotopic (exact) mass is 264 g/mol. The maximum Gasteiger partial charge on any atom is 0.158 e. The molecular formula is C13H17ClN4. The van der Waals surface area contributed by atoms with Crippen LogP contribution in [0.3, 0.4) is 0 Å². The van der Waals surface area contributed by atoms with Crippen molar-refractivity contribution >= 4 is 17.3 Å². The number of nitrogen functional groups attached to an aromatic ring is 1. The van der Waals surface area contributed by atoms with Crippen LogP contribution in [-0.2, 0) is 12.5 Å². The highest BCUT2D eigenvalue weighted by Crippen LogP contribution is 2.27. The van der Waals surface area contributed by atoms with Gasteiger partial charge in [-0.05, 0) is 18.2 Å². The molecule has 18 heavy (non-hydrogen) atoms. The lowest BCUT2D eigenvalue weighted by Crippen LogP contribution is -2.13. The number of hydrogen-bond acceptors (Lipinski definition) is 3. The molecule has 96 valence electrons. The Morgan fingerprint density at radius 1 is 1.28 bits per heavy atom. The lowest BCUT2D eigenvalue weighted by molar-refractivity contribution is 0.538. The summed E-state index contributed by atoms with van der Waals surface area (Å²) in [4.78, 5) is 4.57. The van der Waals surface area contributed by atoms with Crippen LogP contribution in [0.1, 0.15) is 26.6 Å². The fourth-order valence-corrected chi connectivity index (χ4v) is 1.80. The summed E-state index contributed by atoms with van der Waals surface area (Å²) in [6.07, 6.45) is 0. The van der Waals surface area contributed by atoms with Gasteiger partial charge in [-0.15, -0.1) is 0 Å². The molecule has 0 unspecified atom stereocenters. The van der Waals surface area contributed by atoms with Crippen LogP contribution in [-0.4, -0.2) is 14.8 Å². The topological polar surface area (TPSA) is 56.7 Å². The molecule has 0 spiro atoms. The van der Waals surface area contributed by atoms with Crippen molar-refractivity contribution in [3.63, 3.8) is 0 Å². The summed E-state index contributed by atoms with van der Waals surface area (Å²) in [7, 11) is 1.88. The molecule has 0 atom stereocenters. The van der Waals surface area contributed by atoms with Crippen LogP contribution in [0.4, 0.5) is 5.69 Å². The minimum atomic E-state index is -0.0758. The maximum atomic E-state index is 6.03. The third-order valence-corrected chi connectivity index (χ3v) is 3.02. The van der Waals surface area contributed by atoms with Crippen LogP contribution < -0.4 is 5.73 Å². The van der Waals surface area contributed by atoms with Gasteiger partial charge in [0.1, 0.15) is 0 Å². The highest BCUT2D eigenvalue weighted by atomic mass is 35.5. The Labute approximate surface area is 112 Å². The van der Waals surface area contributed by atoms with Gasteiger partial charge in [-0.25, -0.2) is 9.67 Å². The summed E-state index contributed by atoms with van der Waals surface area (Å²) in [5.41, 5.74) is 7.11. The molecule has 1 heterocycles. The molecule has 0 aliphatic rings. The number of anilines is 1. The van der Waals surface area contributed by atoms with Gasteiger partial charge in [0.05, 0.1) is 10.7 Å². The Morgan fingerprint density at radius 2 is 1.94 bits per heavy atom. The normalized spacial score (nSPS) is 11.8. The summed E-state index contributed by atoms with van der Waals surface area (Å²) in [5.74, 6) is 1.61. The largest absolute Gasteiger partial charge is 0.398 e. The van der Waals surface area contributed by atoms with Gasteiger partial charge in [-0.3, -0.25) is 0 Å². The first-order valence-corrected chi connectivity index (χ1v) is 6.14. The van der Waals surface area contributed by atoms with Gasteiger partial charge < -0.3 is 5.73 Å². The first-order valence-electron chi connectivity index (χ1n) is 5.76. The third-order valence-electron chi connectivity index (χ3n) is 2.69. The SMILES string of the molecule is Cn1nc(C(C)(C)C)nc1-c1ccc(N)c(Cl)c1. The smallest absolute Gasteiger partial charge is 0.158 e. The number of nitrogens with zero attached hydrogens (tertiary/aromatic N) is 3. The summed E-state index contributed by atoms with van der Waals surface area (Å²) >= 11 is 6.03. The minimum Gasteiger partial charge on any atom is -0.398 e. The van der Waals surface area contributed by atoms with Crippen LogP contribution in [0.15, 0.2) is 18.2 Å². The Balaban J connectivity index is 2.51. The van der Waals surface area contributed by atoms with Gasteiger partial charge in [-0.1, -0.05) is 32.4 Å². The number of benzene rings is 1. The molecule has 0 saturated heterocycles. The molecule has 2 aromatic rings. The first-order chi connectivity index (χ1) is 8.29. The average molecular weight is 265 g/mol. The lowest BCUT2D eigenvalue weighted by atomic mass is 9.96. The number of aromatic nitrogens is 3. The van der Waals surface area contributed by atoms with E-state index in [1.54, 1.807) is 10.7 Å². The molecule has 1 aromatic carbocycles. The van der Waals surface area contributed by atoms with E-state index in [-0.39, 0.29) is 5.41 Å². The summed E-state index contributed by atoms with van der Waals surface area (Å²) in [6, 6.07) is 5.49. The summed E-state index contributed by atoms with van der Waals surface area (Å²) in [5, 5.41) is 4.98. The molecule has 5 heteroatoms. The second-order valence-corrected chi connectivity index (χ2v) is 5.78. The fourth-order valence-electron chi connectivity index (χ4n) is 1.62. The molecule has 2 N–H and O–H groups in total. The van der Waals surface area contributed by atoms with Crippen molar-refractivity contribution in [2.45, 2.75) is 26.2 Å². The molecular weight excluding hydrogens is 248 g/mol. The number of halogens is 1. The van der Waals surface area contributed by atoms with Crippen LogP contribution in [0.2, 0.25) is 5.02 Å². The molecule has 0 radical (unpaired) electrons. The van der Waals surface area contributed by atoms with E-state index in [1.807, 2.05) is 19.2 Å². The second-order valence-electron chi connectivity index (χ2n) is 5.37. The predicted octanol–water partition coefficient (Wildman–Crippen LogP) is 3.02. The number of nitrogens with two attached hydrogens (primary N) is 1. The Morgan fingerprint density at radius 3 is 2.44 bits per heavy atom. The van der Waals surface area contributed by atoms with Gasteiger partial charge in [0.25, 0.3) is 0 Å². The van der Waals surface area contributed by atoms with Gasteiger partial charge in [0.2, 0.25) is 0 Å². The van der Waals surface area contributed by atoms with Gasteiger partial charge in [0, 0.05) is 18.0 Å². The van der Waals surface area contributed by atoms with E-state index in [0.29, 0.717) is 10.7 Å². The van der Waals surface area contributed by atoms with E-state index in [9.17, 15) is 0 Å². The Hall–Kier alpha value is -1.55. The van der Waals surface area contributed by atoms with Crippen molar-refractivity contribution in [2.75, 3.05) is 5.73 Å². The molecule has 0 aliphatic carbocycles. The van der Waals surface area contributed by atoms with Gasteiger partial charge in [-0.2, -0.15) is 5.10 Å². The molecule has 0 fully saturated rings. The van der Waals surface area contributed by atoms with Crippen molar-refractivity contribution in [2.24, 2.45) is 7.05 Å². The minimum absolute atomic E-state index is 0.0758. The Kier molecular flexibility index (Phi) is 3.07. The zero-order valence-electron chi connectivity index (χ0n) is 11.0. The number of aryl methyl sites for hydroxylation is 1. The molecule has 2 rings (SSSR count). The van der Waals surface area contributed by atoms with Crippen LogP contribution in [0.25, 0.3) is 11.4 Å². The second kappa shape index (κ2) is 4.28. The van der Waals surface area contributed by atoms with E-state index < -0.39 is 0 Å². The average Bonchev–Trinajstić information content (AvgIpc) is 2.64. The van der Waals surface area contributed by atoms with Crippen molar-refractivity contribution < 1.29 is 0 Å². The number of rotatable bonds is 1. The summed E-state index contributed by atoms with van der Waals surface area (Å²) < 4.78 is 1.77. The lowest BCUT2D eigenvalue weighted by Gasteiger charge is -2.12. The summed E-state index contributed by atoms with van der Waals surface area (Å²) in [6.45, 7) is 6.26. The Bertz CT molecular complexity index is 581. The third kappa shape index (κ3) is 2.34. The zero-order valence-corrected chi connectivity index (χ0v) is 11.8. The molecule has 0 bridgehead atoms. The van der Waals surface area contributed by atoms with E-state index in [1.165, 1.54) is 0 Å². The van der Waals surface area contributed by atoms with Crippen molar-refractivity contribution in [3.05, 3.63) is 29.0 Å². The predicted molar refractivity (Wildman–Crippen MR) is 74.6 cm³/mol. The standard InChI is InChI=1S/C13H17ClN4/c1-13(2,3)12-16-11(18(4)17-12)8-5-6-10(15)9(14)7-8/h5-7H,15H2,1-4H3. The molecule has 1 aromatic heterocycles. The molecule has 0 amide bonds. The highest BCUT2D eigenvalue weighted by Gasteiger charge is 2.21. The van der Waals surface area contributed by atoms with Gasteiger partial charge >= 0.3 is 0 Å². The van der Waals surface area contributed by atoms with Crippen LogP contribution in [0, 0.1) is 0 Å². The van der Waals surface area contributed by atoms with Crippen molar-refractivity contribution in [1.29, 1.82) is 0 Å². The van der Waals surface area contributed by atoms with E-state index in [0.717, 1.165) is 17.2 Å². The number of hydrogen-bond donors (Lipinski definition) is 1. The van der Waals surface area contributed by atoms with Gasteiger partial charge in [0.15, 0.2) is 11.6 Å². The zero-order chi connectivity index (χ0) is 13.5. The van der Waals surface area contributed by atoms with Crippen LogP contribution >= 0.6 is 11.6 Å². The first kappa shape index (κ1) is 12.9. The maximum absolute atomic E-state index is 6.03. The fraction of sp³-hybridized carbons (Fsp3) is 0.385. The van der Waals surface area contributed by atoms with E-state index in [2.05, 4.69) is 30.9 Å². The molecule has 0 aliphatic heterocycles.